The second-order valence-corrected chi connectivity index (χ2v) is 2.99. The topological polar surface area (TPSA) is 68.0 Å². The van der Waals surface area contributed by atoms with Crippen molar-refractivity contribution in [3.05, 3.63) is 24.0 Å². The molecule has 1 atom stereocenters. The number of carboxylic acid groups (broad SMARTS) is 1. The minimum absolute atomic E-state index is 0.0219. The fraction of sp³-hybridized carbons (Fsp3) is 0.444. The first kappa shape index (κ1) is 10.4. The highest BCUT2D eigenvalue weighted by Gasteiger charge is 2.06. The van der Waals surface area contributed by atoms with E-state index in [2.05, 4.69) is 10.3 Å². The largest absolute Gasteiger partial charge is 0.478 e. The molecule has 14 heavy (non-hydrogen) atoms. The van der Waals surface area contributed by atoms with E-state index in [1.54, 1.807) is 10.8 Å². The molecule has 0 radical (unpaired) electrons. The van der Waals surface area contributed by atoms with Crippen molar-refractivity contribution in [1.82, 2.24) is 15.0 Å². The van der Waals surface area contributed by atoms with Crippen LogP contribution in [0.3, 0.4) is 0 Å². The number of carboxylic acids is 1. The highest BCUT2D eigenvalue weighted by molar-refractivity contribution is 5.79. The number of hydrogen-bond acceptors (Lipinski definition) is 3. The fourth-order valence-corrected chi connectivity index (χ4v) is 1.00. The summed E-state index contributed by atoms with van der Waals surface area (Å²) in [6.07, 6.45) is 4.53. The molecule has 1 aromatic rings. The lowest BCUT2D eigenvalue weighted by molar-refractivity contribution is -0.131. The van der Waals surface area contributed by atoms with Crippen LogP contribution in [0.1, 0.15) is 25.5 Å². The molecule has 1 heterocycles. The molecule has 0 aliphatic heterocycles. The normalized spacial score (nSPS) is 13.3. The van der Waals surface area contributed by atoms with E-state index in [1.807, 2.05) is 20.0 Å². The van der Waals surface area contributed by atoms with Crippen LogP contribution >= 0.6 is 0 Å². The Labute approximate surface area is 82.0 Å². The summed E-state index contributed by atoms with van der Waals surface area (Å²) in [6, 6.07) is 0. The average Bonchev–Trinajstić information content (AvgIpc) is 2.62. The van der Waals surface area contributed by atoms with E-state index in [1.165, 1.54) is 0 Å². The van der Waals surface area contributed by atoms with Gasteiger partial charge in [-0.1, -0.05) is 18.2 Å². The van der Waals surface area contributed by atoms with E-state index in [0.29, 0.717) is 0 Å². The Hall–Kier alpha value is -1.65. The van der Waals surface area contributed by atoms with Gasteiger partial charge in [-0.25, -0.2) is 4.79 Å². The number of allylic oxidation sites excluding steroid dienone is 1. The molecule has 0 saturated heterocycles. The van der Waals surface area contributed by atoms with E-state index in [0.717, 1.165) is 18.3 Å². The third kappa shape index (κ3) is 2.69. The van der Waals surface area contributed by atoms with Gasteiger partial charge in [-0.05, 0) is 6.92 Å². The van der Waals surface area contributed by atoms with Crippen LogP contribution in [0.2, 0.25) is 0 Å². The third-order valence-corrected chi connectivity index (χ3v) is 1.87. The summed E-state index contributed by atoms with van der Waals surface area (Å²) in [5, 5.41) is 16.2. The van der Waals surface area contributed by atoms with Crippen LogP contribution in [-0.4, -0.2) is 26.1 Å². The van der Waals surface area contributed by atoms with Gasteiger partial charge in [0.15, 0.2) is 0 Å². The molecule has 0 saturated carbocycles. The molecule has 0 bridgehead atoms. The van der Waals surface area contributed by atoms with Crippen LogP contribution < -0.4 is 0 Å². The van der Waals surface area contributed by atoms with E-state index >= 15 is 0 Å². The molecule has 0 aromatic carbocycles. The SMILES string of the molecule is CCn1cc(C(C)C=CC(=O)O)nn1. The molecular weight excluding hydrogens is 182 g/mol. The first-order valence-corrected chi connectivity index (χ1v) is 4.44. The summed E-state index contributed by atoms with van der Waals surface area (Å²) in [6.45, 7) is 4.61. The van der Waals surface area contributed by atoms with Crippen molar-refractivity contribution in [2.75, 3.05) is 0 Å². The zero-order chi connectivity index (χ0) is 10.6. The Morgan fingerprint density at radius 3 is 3.00 bits per heavy atom. The van der Waals surface area contributed by atoms with E-state index in [9.17, 15) is 4.79 Å². The van der Waals surface area contributed by atoms with E-state index in [-0.39, 0.29) is 5.92 Å². The molecule has 1 rings (SSSR count). The lowest BCUT2D eigenvalue weighted by atomic mass is 10.1. The molecular formula is C9H13N3O2. The zero-order valence-electron chi connectivity index (χ0n) is 8.21. The molecule has 0 amide bonds. The molecule has 0 fully saturated rings. The molecule has 1 aromatic heterocycles. The van der Waals surface area contributed by atoms with Gasteiger partial charge in [0.2, 0.25) is 0 Å². The Morgan fingerprint density at radius 1 is 1.79 bits per heavy atom. The summed E-state index contributed by atoms with van der Waals surface area (Å²) in [5.74, 6) is -0.967. The summed E-state index contributed by atoms with van der Waals surface area (Å²) in [7, 11) is 0. The highest BCUT2D eigenvalue weighted by Crippen LogP contribution is 2.12. The lowest BCUT2D eigenvalue weighted by Gasteiger charge is -1.98. The molecule has 1 unspecified atom stereocenters. The second kappa shape index (κ2) is 4.55. The maximum atomic E-state index is 10.3. The summed E-state index contributed by atoms with van der Waals surface area (Å²) in [5.41, 5.74) is 0.782. The van der Waals surface area contributed by atoms with Crippen molar-refractivity contribution in [2.45, 2.75) is 26.3 Å². The predicted octanol–water partition coefficient (Wildman–Crippen LogP) is 1.04. The van der Waals surface area contributed by atoms with Gasteiger partial charge in [0.25, 0.3) is 0 Å². The molecule has 0 spiro atoms. The number of aromatic nitrogens is 3. The smallest absolute Gasteiger partial charge is 0.327 e. The quantitative estimate of drug-likeness (QED) is 0.729. The van der Waals surface area contributed by atoms with Crippen LogP contribution in [0.25, 0.3) is 0 Å². The average molecular weight is 195 g/mol. The Kier molecular flexibility index (Phi) is 3.39. The number of carbonyl (C=O) groups is 1. The zero-order valence-corrected chi connectivity index (χ0v) is 8.21. The van der Waals surface area contributed by atoms with Crippen molar-refractivity contribution in [3.8, 4) is 0 Å². The summed E-state index contributed by atoms with van der Waals surface area (Å²) < 4.78 is 1.71. The van der Waals surface area contributed by atoms with Gasteiger partial charge >= 0.3 is 5.97 Å². The Bertz CT molecular complexity index is 344. The lowest BCUT2D eigenvalue weighted by Crippen LogP contribution is -1.93. The number of aliphatic carboxylic acids is 1. The molecule has 5 heteroatoms. The Morgan fingerprint density at radius 2 is 2.50 bits per heavy atom. The first-order valence-electron chi connectivity index (χ1n) is 4.44. The minimum Gasteiger partial charge on any atom is -0.478 e. The number of aryl methyl sites for hydroxylation is 1. The van der Waals surface area contributed by atoms with Crippen LogP contribution in [0.15, 0.2) is 18.3 Å². The molecule has 5 nitrogen and oxygen atoms in total. The van der Waals surface area contributed by atoms with Crippen LogP contribution in [-0.2, 0) is 11.3 Å². The first-order chi connectivity index (χ1) is 6.63. The number of nitrogens with zero attached hydrogens (tertiary/aromatic N) is 3. The van der Waals surface area contributed by atoms with Gasteiger partial charge in [-0.2, -0.15) is 0 Å². The van der Waals surface area contributed by atoms with E-state index in [4.69, 9.17) is 5.11 Å². The third-order valence-electron chi connectivity index (χ3n) is 1.87. The standard InChI is InChI=1S/C9H13N3O2/c1-3-12-6-8(10-11-12)7(2)4-5-9(13)14/h4-7H,3H2,1-2H3,(H,13,14). The molecule has 1 N–H and O–H groups in total. The van der Waals surface area contributed by atoms with Crippen LogP contribution in [0, 0.1) is 0 Å². The highest BCUT2D eigenvalue weighted by atomic mass is 16.4. The summed E-state index contributed by atoms with van der Waals surface area (Å²) in [4.78, 5) is 10.3. The van der Waals surface area contributed by atoms with Crippen LogP contribution in [0.4, 0.5) is 0 Å². The maximum Gasteiger partial charge on any atom is 0.327 e. The molecule has 76 valence electrons. The monoisotopic (exact) mass is 195 g/mol. The van der Waals surface area contributed by atoms with Gasteiger partial charge in [0, 0.05) is 24.7 Å². The number of rotatable bonds is 4. The van der Waals surface area contributed by atoms with Crippen molar-refractivity contribution in [1.29, 1.82) is 0 Å². The fourth-order valence-electron chi connectivity index (χ4n) is 1.00. The van der Waals surface area contributed by atoms with Crippen molar-refractivity contribution in [3.63, 3.8) is 0 Å². The van der Waals surface area contributed by atoms with Crippen LogP contribution in [0.5, 0.6) is 0 Å². The van der Waals surface area contributed by atoms with Gasteiger partial charge in [0.05, 0.1) is 5.69 Å². The van der Waals surface area contributed by atoms with Gasteiger partial charge < -0.3 is 5.11 Å². The van der Waals surface area contributed by atoms with Crippen molar-refractivity contribution in [2.24, 2.45) is 0 Å². The Balaban J connectivity index is 2.69. The van der Waals surface area contributed by atoms with Gasteiger partial charge in [-0.3, -0.25) is 4.68 Å². The maximum absolute atomic E-state index is 10.3. The van der Waals surface area contributed by atoms with E-state index < -0.39 is 5.97 Å². The molecule has 0 aliphatic carbocycles. The van der Waals surface area contributed by atoms with Gasteiger partial charge in [-0.15, -0.1) is 5.10 Å². The van der Waals surface area contributed by atoms with Crippen molar-refractivity contribution < 1.29 is 9.90 Å². The number of hydrogen-bond donors (Lipinski definition) is 1. The molecule has 0 aliphatic rings. The predicted molar refractivity (Wildman–Crippen MR) is 50.9 cm³/mol. The summed E-state index contributed by atoms with van der Waals surface area (Å²) >= 11 is 0. The second-order valence-electron chi connectivity index (χ2n) is 2.99. The minimum atomic E-state index is -0.945. The van der Waals surface area contributed by atoms with Crippen molar-refractivity contribution >= 4 is 5.97 Å². The van der Waals surface area contributed by atoms with Gasteiger partial charge in [0.1, 0.15) is 0 Å².